The van der Waals surface area contributed by atoms with Crippen LogP contribution in [-0.2, 0) is 4.79 Å². The van der Waals surface area contributed by atoms with Gasteiger partial charge in [-0.1, -0.05) is 0 Å². The van der Waals surface area contributed by atoms with Crippen molar-refractivity contribution in [2.24, 2.45) is 4.99 Å². The van der Waals surface area contributed by atoms with Crippen LogP contribution in [-0.4, -0.2) is 25.3 Å². The fraction of sp³-hybridized carbons (Fsp3) is 0.167. The van der Waals surface area contributed by atoms with E-state index in [0.717, 1.165) is 0 Å². The van der Waals surface area contributed by atoms with Crippen LogP contribution in [0.3, 0.4) is 0 Å². The molecule has 0 aliphatic heterocycles. The van der Waals surface area contributed by atoms with Gasteiger partial charge in [-0.25, -0.2) is 10.2 Å². The lowest BCUT2D eigenvalue weighted by atomic mass is 10.1. The van der Waals surface area contributed by atoms with Crippen LogP contribution in [0.1, 0.15) is 12.5 Å². The number of hydrazine groups is 1. The molecular formula is C12H14N6O2. The third-order valence-electron chi connectivity index (χ3n) is 2.10. The fourth-order valence-corrected chi connectivity index (χ4v) is 1.28. The fourth-order valence-electron chi connectivity index (χ4n) is 1.28. The summed E-state index contributed by atoms with van der Waals surface area (Å²) in [4.78, 5) is 25.8. The Labute approximate surface area is 115 Å². The van der Waals surface area contributed by atoms with Gasteiger partial charge in [-0.3, -0.25) is 15.2 Å². The van der Waals surface area contributed by atoms with Crippen molar-refractivity contribution in [1.82, 2.24) is 10.9 Å². The van der Waals surface area contributed by atoms with Crippen LogP contribution in [0.2, 0.25) is 0 Å². The highest BCUT2D eigenvalue weighted by Crippen LogP contribution is 2.19. The number of aliphatic imine (C=N–C) groups is 1. The zero-order chi connectivity index (χ0) is 15.0. The number of carbonyl (C=O) groups is 2. The van der Waals surface area contributed by atoms with E-state index in [2.05, 4.69) is 26.5 Å². The summed E-state index contributed by atoms with van der Waals surface area (Å²) in [5.74, 6) is -0.392. The SMILES string of the molecule is CN=CNc1ccc(NC(=O)NNC(C)=O)cc1C#N. The molecule has 104 valence electrons. The van der Waals surface area contributed by atoms with Gasteiger partial charge in [-0.15, -0.1) is 0 Å². The van der Waals surface area contributed by atoms with Crippen LogP contribution in [0.5, 0.6) is 0 Å². The number of nitriles is 1. The average molecular weight is 274 g/mol. The zero-order valence-electron chi connectivity index (χ0n) is 11.0. The van der Waals surface area contributed by atoms with Gasteiger partial charge in [-0.2, -0.15) is 5.26 Å². The minimum atomic E-state index is -0.611. The molecular weight excluding hydrogens is 260 g/mol. The largest absolute Gasteiger partial charge is 0.346 e. The van der Waals surface area contributed by atoms with E-state index in [1.165, 1.54) is 19.3 Å². The Kier molecular flexibility index (Phi) is 5.52. The van der Waals surface area contributed by atoms with Gasteiger partial charge in [0.1, 0.15) is 6.07 Å². The van der Waals surface area contributed by atoms with Gasteiger partial charge >= 0.3 is 6.03 Å². The monoisotopic (exact) mass is 274 g/mol. The number of carbonyl (C=O) groups excluding carboxylic acids is 2. The van der Waals surface area contributed by atoms with Gasteiger partial charge in [0.05, 0.1) is 17.6 Å². The average Bonchev–Trinajstić information content (AvgIpc) is 2.43. The van der Waals surface area contributed by atoms with Crippen LogP contribution >= 0.6 is 0 Å². The normalized spacial score (nSPS) is 9.65. The third-order valence-corrected chi connectivity index (χ3v) is 2.10. The summed E-state index contributed by atoms with van der Waals surface area (Å²) < 4.78 is 0. The summed E-state index contributed by atoms with van der Waals surface area (Å²) in [5, 5.41) is 14.3. The van der Waals surface area contributed by atoms with Crippen LogP contribution in [0.15, 0.2) is 23.2 Å². The molecule has 20 heavy (non-hydrogen) atoms. The molecule has 0 aliphatic rings. The standard InChI is InChI=1S/C12H14N6O2/c1-8(19)17-18-12(20)16-10-3-4-11(15-7-14-2)9(5-10)6-13/h3-5,7H,1-2H3,(H,14,15)(H,17,19)(H2,16,18,20). The molecule has 0 aromatic heterocycles. The van der Waals surface area contributed by atoms with E-state index in [9.17, 15) is 9.59 Å². The molecule has 4 N–H and O–H groups in total. The highest BCUT2D eigenvalue weighted by Gasteiger charge is 2.06. The highest BCUT2D eigenvalue weighted by atomic mass is 16.2. The molecule has 8 heteroatoms. The molecule has 0 aliphatic carbocycles. The third kappa shape index (κ3) is 4.66. The van der Waals surface area contributed by atoms with Crippen LogP contribution in [0, 0.1) is 11.3 Å². The number of hydrogen-bond donors (Lipinski definition) is 4. The zero-order valence-corrected chi connectivity index (χ0v) is 11.0. The predicted molar refractivity (Wildman–Crippen MR) is 75.2 cm³/mol. The first-order chi connectivity index (χ1) is 9.56. The Balaban J connectivity index is 2.75. The van der Waals surface area contributed by atoms with Crippen molar-refractivity contribution in [2.45, 2.75) is 6.92 Å². The molecule has 0 atom stereocenters. The second-order valence-corrected chi connectivity index (χ2v) is 3.66. The highest BCUT2D eigenvalue weighted by molar-refractivity contribution is 5.91. The maximum atomic E-state index is 11.4. The van der Waals surface area contributed by atoms with E-state index in [0.29, 0.717) is 16.9 Å². The Morgan fingerprint density at radius 3 is 2.70 bits per heavy atom. The number of nitrogens with zero attached hydrogens (tertiary/aromatic N) is 2. The summed E-state index contributed by atoms with van der Waals surface area (Å²) in [6.45, 7) is 1.27. The molecule has 0 fully saturated rings. The van der Waals surface area contributed by atoms with E-state index in [1.54, 1.807) is 19.2 Å². The smallest absolute Gasteiger partial charge is 0.337 e. The molecule has 0 saturated heterocycles. The van der Waals surface area contributed by atoms with Crippen molar-refractivity contribution >= 4 is 29.7 Å². The first-order valence-electron chi connectivity index (χ1n) is 5.61. The number of rotatable bonds is 3. The summed E-state index contributed by atoms with van der Waals surface area (Å²) in [5.41, 5.74) is 5.63. The van der Waals surface area contributed by atoms with Gasteiger partial charge < -0.3 is 10.6 Å². The molecule has 8 nitrogen and oxygen atoms in total. The Hall–Kier alpha value is -3.08. The minimum Gasteiger partial charge on any atom is -0.346 e. The number of hydrogen-bond acceptors (Lipinski definition) is 4. The second kappa shape index (κ2) is 7.38. The van der Waals surface area contributed by atoms with Crippen molar-refractivity contribution in [3.63, 3.8) is 0 Å². The number of urea groups is 1. The molecule has 0 unspecified atom stereocenters. The number of nitrogens with one attached hydrogen (secondary N) is 4. The molecule has 0 spiro atoms. The molecule has 0 saturated carbocycles. The lowest BCUT2D eigenvalue weighted by Crippen LogP contribution is -2.42. The molecule has 0 heterocycles. The van der Waals surface area contributed by atoms with E-state index < -0.39 is 11.9 Å². The van der Waals surface area contributed by atoms with E-state index in [1.807, 2.05) is 6.07 Å². The number of anilines is 2. The quantitative estimate of drug-likeness (QED) is 0.370. The molecule has 1 aromatic rings. The number of amides is 3. The molecule has 0 radical (unpaired) electrons. The maximum absolute atomic E-state index is 11.4. The lowest BCUT2D eigenvalue weighted by Gasteiger charge is -2.09. The Bertz CT molecular complexity index is 576. The van der Waals surface area contributed by atoms with Crippen LogP contribution in [0.4, 0.5) is 16.2 Å². The number of benzene rings is 1. The van der Waals surface area contributed by atoms with Crippen LogP contribution in [0.25, 0.3) is 0 Å². The lowest BCUT2D eigenvalue weighted by molar-refractivity contribution is -0.119. The molecule has 1 rings (SSSR count). The first-order valence-corrected chi connectivity index (χ1v) is 5.61. The summed E-state index contributed by atoms with van der Waals surface area (Å²) in [6, 6.07) is 6.14. The Morgan fingerprint density at radius 1 is 1.35 bits per heavy atom. The topological polar surface area (TPSA) is 118 Å². The summed E-state index contributed by atoms with van der Waals surface area (Å²) in [6.07, 6.45) is 1.45. The Morgan fingerprint density at radius 2 is 2.10 bits per heavy atom. The van der Waals surface area contributed by atoms with Gasteiger partial charge in [0, 0.05) is 19.7 Å². The van der Waals surface area contributed by atoms with E-state index in [-0.39, 0.29) is 0 Å². The maximum Gasteiger partial charge on any atom is 0.337 e. The van der Waals surface area contributed by atoms with Crippen molar-refractivity contribution in [3.05, 3.63) is 23.8 Å². The van der Waals surface area contributed by atoms with Crippen molar-refractivity contribution in [2.75, 3.05) is 17.7 Å². The van der Waals surface area contributed by atoms with E-state index in [4.69, 9.17) is 5.26 Å². The van der Waals surface area contributed by atoms with Crippen molar-refractivity contribution < 1.29 is 9.59 Å². The summed E-state index contributed by atoms with van der Waals surface area (Å²) in [7, 11) is 1.60. The minimum absolute atomic E-state index is 0.349. The second-order valence-electron chi connectivity index (χ2n) is 3.66. The summed E-state index contributed by atoms with van der Waals surface area (Å²) >= 11 is 0. The molecule has 3 amide bonds. The first kappa shape index (κ1) is 15.0. The van der Waals surface area contributed by atoms with Gasteiger partial charge in [-0.05, 0) is 18.2 Å². The van der Waals surface area contributed by atoms with Crippen molar-refractivity contribution in [3.8, 4) is 6.07 Å². The van der Waals surface area contributed by atoms with E-state index >= 15 is 0 Å². The molecule has 0 bridgehead atoms. The van der Waals surface area contributed by atoms with Gasteiger partial charge in [0.2, 0.25) is 5.91 Å². The van der Waals surface area contributed by atoms with Crippen molar-refractivity contribution in [1.29, 1.82) is 5.26 Å². The predicted octanol–water partition coefficient (Wildman–Crippen LogP) is 0.801. The van der Waals surface area contributed by atoms with Gasteiger partial charge in [0.25, 0.3) is 0 Å². The molecule has 1 aromatic carbocycles. The van der Waals surface area contributed by atoms with Gasteiger partial charge in [0.15, 0.2) is 0 Å². The van der Waals surface area contributed by atoms with Crippen LogP contribution < -0.4 is 21.5 Å².